The summed E-state index contributed by atoms with van der Waals surface area (Å²) in [6.45, 7) is 1.98. The van der Waals surface area contributed by atoms with Crippen LogP contribution in [0.5, 0.6) is 0 Å². The molecule has 160 valence electrons. The fraction of sp³-hybridized carbons (Fsp3) is 0.208. The lowest BCUT2D eigenvalue weighted by atomic mass is 10.1. The Morgan fingerprint density at radius 1 is 0.871 bits per heavy atom. The second-order valence-electron chi connectivity index (χ2n) is 7.47. The first kappa shape index (κ1) is 20.9. The first-order valence-corrected chi connectivity index (χ1v) is 12.0. The molecule has 0 radical (unpaired) electrons. The Labute approximate surface area is 183 Å². The van der Waals surface area contributed by atoms with E-state index in [1.165, 1.54) is 0 Å². The van der Waals surface area contributed by atoms with Gasteiger partial charge in [-0.3, -0.25) is 9.71 Å². The molecule has 0 amide bonds. The second-order valence-corrected chi connectivity index (χ2v) is 9.31. The van der Waals surface area contributed by atoms with Crippen molar-refractivity contribution in [3.05, 3.63) is 95.8 Å². The van der Waals surface area contributed by atoms with Gasteiger partial charge in [-0.05, 0) is 41.8 Å². The SMILES string of the molecule is CCCCS(=O)(=O)Nc1ccc(C2=C(c3ccncc3)NC(c3ccccc3)N2)cc1. The molecule has 31 heavy (non-hydrogen) atoms. The Hall–Kier alpha value is -3.32. The molecule has 0 saturated carbocycles. The Balaban J connectivity index is 1.62. The highest BCUT2D eigenvalue weighted by Crippen LogP contribution is 2.32. The van der Waals surface area contributed by atoms with Crippen LogP contribution < -0.4 is 15.4 Å². The molecule has 0 saturated heterocycles. The standard InChI is InChI=1S/C24H26N4O2S/c1-2-3-17-31(29,30)28-21-11-9-18(10-12-21)22-23(19-13-15-25-16-14-19)27-24(26-22)20-7-5-4-6-8-20/h4-16,24,26-28H,2-3,17H2,1H3. The van der Waals surface area contributed by atoms with Crippen molar-refractivity contribution >= 4 is 27.1 Å². The predicted molar refractivity (Wildman–Crippen MR) is 125 cm³/mol. The average molecular weight is 435 g/mol. The molecule has 0 spiro atoms. The number of aromatic nitrogens is 1. The molecule has 1 aromatic heterocycles. The maximum atomic E-state index is 12.2. The van der Waals surface area contributed by atoms with E-state index in [2.05, 4.69) is 32.5 Å². The minimum atomic E-state index is -3.32. The van der Waals surface area contributed by atoms with Crippen LogP contribution in [-0.4, -0.2) is 19.2 Å². The summed E-state index contributed by atoms with van der Waals surface area (Å²) in [4.78, 5) is 4.12. The topological polar surface area (TPSA) is 83.1 Å². The first-order chi connectivity index (χ1) is 15.1. The van der Waals surface area contributed by atoms with Gasteiger partial charge in [-0.25, -0.2) is 8.42 Å². The summed E-state index contributed by atoms with van der Waals surface area (Å²) in [6.07, 6.45) is 4.96. The van der Waals surface area contributed by atoms with Gasteiger partial charge in [0.05, 0.1) is 17.1 Å². The first-order valence-electron chi connectivity index (χ1n) is 10.4. The van der Waals surface area contributed by atoms with Crippen LogP contribution in [0.15, 0.2) is 79.1 Å². The van der Waals surface area contributed by atoms with Crippen molar-refractivity contribution in [3.8, 4) is 0 Å². The molecule has 7 heteroatoms. The Morgan fingerprint density at radius 3 is 2.10 bits per heavy atom. The maximum absolute atomic E-state index is 12.2. The maximum Gasteiger partial charge on any atom is 0.232 e. The van der Waals surface area contributed by atoms with Crippen LogP contribution in [0.4, 0.5) is 5.69 Å². The summed E-state index contributed by atoms with van der Waals surface area (Å²) in [5, 5.41) is 7.15. The van der Waals surface area contributed by atoms with Crippen molar-refractivity contribution in [3.63, 3.8) is 0 Å². The molecule has 0 fully saturated rings. The number of benzene rings is 2. The smallest absolute Gasteiger partial charge is 0.232 e. The van der Waals surface area contributed by atoms with Gasteiger partial charge >= 0.3 is 0 Å². The predicted octanol–water partition coefficient (Wildman–Crippen LogP) is 4.34. The second kappa shape index (κ2) is 9.22. The van der Waals surface area contributed by atoms with E-state index in [0.29, 0.717) is 12.1 Å². The summed E-state index contributed by atoms with van der Waals surface area (Å²) in [6, 6.07) is 21.6. The van der Waals surface area contributed by atoms with E-state index in [-0.39, 0.29) is 11.9 Å². The molecular weight excluding hydrogens is 408 g/mol. The zero-order valence-electron chi connectivity index (χ0n) is 17.4. The van der Waals surface area contributed by atoms with Gasteiger partial charge in [-0.2, -0.15) is 0 Å². The normalized spacial score (nSPS) is 16.0. The van der Waals surface area contributed by atoms with E-state index < -0.39 is 10.0 Å². The molecule has 0 aliphatic carbocycles. The molecule has 2 aromatic carbocycles. The number of hydrogen-bond donors (Lipinski definition) is 3. The lowest BCUT2D eigenvalue weighted by Crippen LogP contribution is -2.23. The number of nitrogens with zero attached hydrogens (tertiary/aromatic N) is 1. The third kappa shape index (κ3) is 5.06. The Morgan fingerprint density at radius 2 is 1.48 bits per heavy atom. The van der Waals surface area contributed by atoms with Crippen molar-refractivity contribution in [1.29, 1.82) is 0 Å². The van der Waals surface area contributed by atoms with Crippen LogP contribution in [0.2, 0.25) is 0 Å². The van der Waals surface area contributed by atoms with Gasteiger partial charge in [0.1, 0.15) is 6.17 Å². The highest BCUT2D eigenvalue weighted by atomic mass is 32.2. The number of pyridine rings is 1. The molecule has 1 aliphatic heterocycles. The fourth-order valence-corrected chi connectivity index (χ4v) is 4.79. The number of nitrogens with one attached hydrogen (secondary N) is 3. The van der Waals surface area contributed by atoms with E-state index in [1.807, 2.05) is 49.4 Å². The molecule has 1 atom stereocenters. The summed E-state index contributed by atoms with van der Waals surface area (Å²) < 4.78 is 27.0. The molecule has 2 heterocycles. The number of anilines is 1. The quantitative estimate of drug-likeness (QED) is 0.491. The van der Waals surface area contributed by atoms with Crippen molar-refractivity contribution in [2.45, 2.75) is 25.9 Å². The van der Waals surface area contributed by atoms with Crippen LogP contribution in [0.25, 0.3) is 11.4 Å². The summed E-state index contributed by atoms with van der Waals surface area (Å²) in [5.74, 6) is 0.132. The Bertz CT molecular complexity index is 1150. The van der Waals surface area contributed by atoms with Crippen LogP contribution in [-0.2, 0) is 10.0 Å². The third-order valence-electron chi connectivity index (χ3n) is 5.14. The molecule has 4 rings (SSSR count). The highest BCUT2D eigenvalue weighted by molar-refractivity contribution is 7.92. The van der Waals surface area contributed by atoms with Crippen molar-refractivity contribution < 1.29 is 8.42 Å². The molecule has 1 aliphatic rings. The zero-order chi connectivity index (χ0) is 21.7. The van der Waals surface area contributed by atoms with E-state index in [1.54, 1.807) is 24.5 Å². The summed E-state index contributed by atoms with van der Waals surface area (Å²) >= 11 is 0. The molecular formula is C24H26N4O2S. The molecule has 6 nitrogen and oxygen atoms in total. The van der Waals surface area contributed by atoms with Crippen LogP contribution in [0.3, 0.4) is 0 Å². The van der Waals surface area contributed by atoms with E-state index in [9.17, 15) is 8.42 Å². The van der Waals surface area contributed by atoms with E-state index in [4.69, 9.17) is 0 Å². The van der Waals surface area contributed by atoms with Gasteiger partial charge < -0.3 is 10.6 Å². The highest BCUT2D eigenvalue weighted by Gasteiger charge is 2.25. The summed E-state index contributed by atoms with van der Waals surface area (Å²) in [5.41, 5.74) is 5.63. The average Bonchev–Trinajstić information content (AvgIpc) is 3.25. The molecule has 3 aromatic rings. The van der Waals surface area contributed by atoms with Gasteiger partial charge in [0, 0.05) is 23.6 Å². The van der Waals surface area contributed by atoms with Crippen molar-refractivity contribution in [2.75, 3.05) is 10.5 Å². The van der Waals surface area contributed by atoms with Gasteiger partial charge in [0.25, 0.3) is 0 Å². The van der Waals surface area contributed by atoms with Crippen LogP contribution in [0, 0.1) is 0 Å². The zero-order valence-corrected chi connectivity index (χ0v) is 18.2. The number of unbranched alkanes of at least 4 members (excludes halogenated alkanes) is 1. The van der Waals surface area contributed by atoms with Gasteiger partial charge in [0.2, 0.25) is 10.0 Å². The number of sulfonamides is 1. The molecule has 0 bridgehead atoms. The lowest BCUT2D eigenvalue weighted by Gasteiger charge is -2.15. The number of hydrogen-bond acceptors (Lipinski definition) is 5. The fourth-order valence-electron chi connectivity index (χ4n) is 3.53. The largest absolute Gasteiger partial charge is 0.359 e. The van der Waals surface area contributed by atoms with Gasteiger partial charge in [-0.1, -0.05) is 55.8 Å². The van der Waals surface area contributed by atoms with Crippen LogP contribution in [0.1, 0.15) is 42.6 Å². The minimum absolute atomic E-state index is 0.0633. The lowest BCUT2D eigenvalue weighted by molar-refractivity contribution is 0.598. The van der Waals surface area contributed by atoms with E-state index >= 15 is 0 Å². The van der Waals surface area contributed by atoms with Crippen molar-refractivity contribution in [2.24, 2.45) is 0 Å². The third-order valence-corrected chi connectivity index (χ3v) is 6.52. The minimum Gasteiger partial charge on any atom is -0.359 e. The van der Waals surface area contributed by atoms with Gasteiger partial charge in [0.15, 0.2) is 0 Å². The van der Waals surface area contributed by atoms with E-state index in [0.717, 1.165) is 34.5 Å². The van der Waals surface area contributed by atoms with Crippen LogP contribution >= 0.6 is 0 Å². The number of rotatable bonds is 8. The molecule has 3 N–H and O–H groups in total. The van der Waals surface area contributed by atoms with Crippen molar-refractivity contribution in [1.82, 2.24) is 15.6 Å². The summed E-state index contributed by atoms with van der Waals surface area (Å²) in [7, 11) is -3.32. The molecule has 1 unspecified atom stereocenters. The Kier molecular flexibility index (Phi) is 6.23. The van der Waals surface area contributed by atoms with Gasteiger partial charge in [-0.15, -0.1) is 0 Å². The monoisotopic (exact) mass is 434 g/mol.